The van der Waals surface area contributed by atoms with Crippen LogP contribution in [0, 0.1) is 18.6 Å². The van der Waals surface area contributed by atoms with Crippen LogP contribution in [-0.4, -0.2) is 22.0 Å². The maximum Gasteiger partial charge on any atom is 0.254 e. The van der Waals surface area contributed by atoms with Crippen LogP contribution in [0.2, 0.25) is 0 Å². The van der Waals surface area contributed by atoms with Crippen LogP contribution >= 0.6 is 0 Å². The lowest BCUT2D eigenvalue weighted by Gasteiger charge is -2.24. The van der Waals surface area contributed by atoms with Gasteiger partial charge in [0.1, 0.15) is 29.3 Å². The number of alkyl halides is 1. The largest absolute Gasteiger partial charge is 0.382 e. The molecule has 3 aromatic rings. The summed E-state index contributed by atoms with van der Waals surface area (Å²) in [6.45, 7) is 1.82. The summed E-state index contributed by atoms with van der Waals surface area (Å²) in [7, 11) is 0. The number of anilines is 1. The molecule has 1 saturated carbocycles. The van der Waals surface area contributed by atoms with Gasteiger partial charge in [0.05, 0.1) is 17.5 Å². The molecule has 0 spiro atoms. The Morgan fingerprint density at radius 2 is 2.00 bits per heavy atom. The van der Waals surface area contributed by atoms with E-state index in [0.29, 0.717) is 35.4 Å². The first kappa shape index (κ1) is 22.8. The number of nitrogens with one attached hydrogen (secondary N) is 1. The number of halogens is 3. The molecule has 1 fully saturated rings. The van der Waals surface area contributed by atoms with E-state index >= 15 is 0 Å². The number of aromatic nitrogens is 2. The average molecular weight is 454 g/mol. The van der Waals surface area contributed by atoms with Gasteiger partial charge in [-0.2, -0.15) is 0 Å². The number of hydrogen-bond acceptors (Lipinski definition) is 4. The third-order valence-electron chi connectivity index (χ3n) is 5.89. The Morgan fingerprint density at radius 1 is 1.18 bits per heavy atom. The topological polar surface area (TPSA) is 80.9 Å². The SMILES string of the molecule is Cc1cc(F)cc(CNC(=O)c2ccc(-c3nc(C4CCCC(F)C4)cnc3N)cc2F)c1. The van der Waals surface area contributed by atoms with Crippen molar-refractivity contribution in [3.63, 3.8) is 0 Å². The van der Waals surface area contributed by atoms with Gasteiger partial charge in [0.25, 0.3) is 5.91 Å². The fourth-order valence-electron chi connectivity index (χ4n) is 4.26. The lowest BCUT2D eigenvalue weighted by Crippen LogP contribution is -2.24. The van der Waals surface area contributed by atoms with Crippen molar-refractivity contribution in [3.8, 4) is 11.3 Å². The van der Waals surface area contributed by atoms with E-state index in [1.807, 2.05) is 0 Å². The third kappa shape index (κ3) is 5.32. The lowest BCUT2D eigenvalue weighted by atomic mass is 9.86. The molecule has 5 nitrogen and oxygen atoms in total. The van der Waals surface area contributed by atoms with Crippen molar-refractivity contribution in [2.75, 3.05) is 5.73 Å². The second-order valence-corrected chi connectivity index (χ2v) is 8.50. The molecule has 1 heterocycles. The van der Waals surface area contributed by atoms with E-state index in [0.717, 1.165) is 18.4 Å². The molecule has 33 heavy (non-hydrogen) atoms. The predicted octanol–water partition coefficient (Wildman–Crippen LogP) is 5.24. The van der Waals surface area contributed by atoms with Crippen LogP contribution in [-0.2, 0) is 6.54 Å². The number of nitrogens with two attached hydrogens (primary N) is 1. The molecule has 2 unspecified atom stereocenters. The summed E-state index contributed by atoms with van der Waals surface area (Å²) in [5, 5.41) is 2.60. The molecule has 172 valence electrons. The molecule has 2 atom stereocenters. The number of aryl methyl sites for hydroxylation is 1. The summed E-state index contributed by atoms with van der Waals surface area (Å²) in [6, 6.07) is 8.53. The van der Waals surface area contributed by atoms with Gasteiger partial charge in [0.15, 0.2) is 0 Å². The number of nitrogen functional groups attached to an aromatic ring is 1. The molecule has 1 aliphatic rings. The number of amides is 1. The molecule has 1 amide bonds. The predicted molar refractivity (Wildman–Crippen MR) is 120 cm³/mol. The zero-order valence-electron chi connectivity index (χ0n) is 18.2. The Hall–Kier alpha value is -3.42. The van der Waals surface area contributed by atoms with Crippen molar-refractivity contribution in [3.05, 3.63) is 76.6 Å². The number of rotatable bonds is 5. The van der Waals surface area contributed by atoms with E-state index in [1.54, 1.807) is 25.3 Å². The lowest BCUT2D eigenvalue weighted by molar-refractivity contribution is 0.0947. The molecule has 3 N–H and O–H groups in total. The van der Waals surface area contributed by atoms with Crippen molar-refractivity contribution in [2.45, 2.75) is 51.2 Å². The summed E-state index contributed by atoms with van der Waals surface area (Å²) >= 11 is 0. The van der Waals surface area contributed by atoms with Crippen LogP contribution in [0.4, 0.5) is 19.0 Å². The number of benzene rings is 2. The van der Waals surface area contributed by atoms with Crippen LogP contribution in [0.3, 0.4) is 0 Å². The second kappa shape index (κ2) is 9.60. The fraction of sp³-hybridized carbons (Fsp3) is 0.320. The van der Waals surface area contributed by atoms with Gasteiger partial charge in [-0.05, 0) is 68.0 Å². The van der Waals surface area contributed by atoms with Crippen LogP contribution < -0.4 is 11.1 Å². The minimum atomic E-state index is -0.863. The van der Waals surface area contributed by atoms with Gasteiger partial charge in [-0.1, -0.05) is 12.1 Å². The van der Waals surface area contributed by atoms with Gasteiger partial charge in [0, 0.05) is 18.0 Å². The summed E-state index contributed by atoms with van der Waals surface area (Å²) in [6.07, 6.45) is 3.22. The van der Waals surface area contributed by atoms with Gasteiger partial charge in [-0.25, -0.2) is 23.1 Å². The highest BCUT2D eigenvalue weighted by molar-refractivity contribution is 5.95. The highest BCUT2D eigenvalue weighted by Crippen LogP contribution is 2.35. The zero-order chi connectivity index (χ0) is 23.5. The molecule has 8 heteroatoms. The first-order valence-electron chi connectivity index (χ1n) is 10.9. The summed E-state index contributed by atoms with van der Waals surface area (Å²) in [4.78, 5) is 21.2. The summed E-state index contributed by atoms with van der Waals surface area (Å²) < 4.78 is 42.2. The first-order valence-corrected chi connectivity index (χ1v) is 10.9. The smallest absolute Gasteiger partial charge is 0.254 e. The Bertz CT molecular complexity index is 1160. The van der Waals surface area contributed by atoms with E-state index in [4.69, 9.17) is 5.73 Å². The van der Waals surface area contributed by atoms with Crippen molar-refractivity contribution >= 4 is 11.7 Å². The van der Waals surface area contributed by atoms with Crippen LogP contribution in [0.1, 0.15) is 58.8 Å². The maximum absolute atomic E-state index is 14.8. The monoisotopic (exact) mass is 454 g/mol. The fourth-order valence-corrected chi connectivity index (χ4v) is 4.26. The van der Waals surface area contributed by atoms with Crippen molar-refractivity contribution in [1.82, 2.24) is 15.3 Å². The van der Waals surface area contributed by atoms with Gasteiger partial charge in [-0.15, -0.1) is 0 Å². The Balaban J connectivity index is 1.52. The Morgan fingerprint density at radius 3 is 2.73 bits per heavy atom. The van der Waals surface area contributed by atoms with E-state index in [2.05, 4.69) is 15.3 Å². The molecule has 0 saturated heterocycles. The molecular weight excluding hydrogens is 429 g/mol. The van der Waals surface area contributed by atoms with E-state index in [9.17, 15) is 18.0 Å². The Kier molecular flexibility index (Phi) is 6.62. The number of hydrogen-bond donors (Lipinski definition) is 2. The number of carbonyl (C=O) groups is 1. The molecule has 0 radical (unpaired) electrons. The number of carbonyl (C=O) groups excluding carboxylic acids is 1. The van der Waals surface area contributed by atoms with Crippen molar-refractivity contribution in [1.29, 1.82) is 0 Å². The van der Waals surface area contributed by atoms with E-state index in [1.165, 1.54) is 24.3 Å². The van der Waals surface area contributed by atoms with Crippen LogP contribution in [0.25, 0.3) is 11.3 Å². The highest BCUT2D eigenvalue weighted by Gasteiger charge is 2.25. The van der Waals surface area contributed by atoms with Crippen LogP contribution in [0.15, 0.2) is 42.6 Å². The first-order chi connectivity index (χ1) is 15.8. The minimum absolute atomic E-state index is 0.0537. The molecular formula is C25H25F3N4O. The van der Waals surface area contributed by atoms with Gasteiger partial charge in [0.2, 0.25) is 0 Å². The van der Waals surface area contributed by atoms with Gasteiger partial charge in [-0.3, -0.25) is 4.79 Å². The quantitative estimate of drug-likeness (QED) is 0.553. The van der Waals surface area contributed by atoms with Gasteiger partial charge < -0.3 is 11.1 Å². The van der Waals surface area contributed by atoms with Crippen LogP contribution in [0.5, 0.6) is 0 Å². The molecule has 0 bridgehead atoms. The average Bonchev–Trinajstić information content (AvgIpc) is 2.77. The molecule has 1 aromatic heterocycles. The molecule has 2 aromatic carbocycles. The van der Waals surface area contributed by atoms with E-state index in [-0.39, 0.29) is 23.8 Å². The van der Waals surface area contributed by atoms with Crippen molar-refractivity contribution in [2.24, 2.45) is 0 Å². The summed E-state index contributed by atoms with van der Waals surface area (Å²) in [5.74, 6) is -1.68. The molecule has 1 aliphatic carbocycles. The highest BCUT2D eigenvalue weighted by atomic mass is 19.1. The van der Waals surface area contributed by atoms with Crippen molar-refractivity contribution < 1.29 is 18.0 Å². The number of nitrogens with zero attached hydrogens (tertiary/aromatic N) is 2. The zero-order valence-corrected chi connectivity index (χ0v) is 18.2. The van der Waals surface area contributed by atoms with Gasteiger partial charge >= 0.3 is 0 Å². The molecule has 0 aliphatic heterocycles. The standard InChI is InChI=1S/C25H25F3N4O/c1-14-7-15(9-19(27)8-14)12-31-25(33)20-6-5-17(11-21(20)28)23-24(29)30-13-22(32-23)16-3-2-4-18(26)10-16/h5-9,11,13,16,18H,2-4,10,12H2,1H3,(H2,29,30)(H,31,33). The maximum atomic E-state index is 14.8. The Labute approximate surface area is 190 Å². The molecule has 4 rings (SSSR count). The second-order valence-electron chi connectivity index (χ2n) is 8.50. The minimum Gasteiger partial charge on any atom is -0.382 e. The normalized spacial score (nSPS) is 18.2. The summed E-state index contributed by atoms with van der Waals surface area (Å²) in [5.41, 5.74) is 8.45. The van der Waals surface area contributed by atoms with E-state index < -0.39 is 23.7 Å². The third-order valence-corrected chi connectivity index (χ3v) is 5.89.